The fourth-order valence-electron chi connectivity index (χ4n) is 2.94. The first-order valence-corrected chi connectivity index (χ1v) is 8.43. The van der Waals surface area contributed by atoms with Crippen LogP contribution in [0.3, 0.4) is 0 Å². The van der Waals surface area contributed by atoms with Gasteiger partial charge in [-0.15, -0.1) is 12.4 Å². The predicted octanol–water partition coefficient (Wildman–Crippen LogP) is 4.57. The fourth-order valence-corrected chi connectivity index (χ4v) is 2.94. The van der Waals surface area contributed by atoms with Crippen LogP contribution in [0.15, 0.2) is 65.1 Å². The molecule has 6 heteroatoms. The lowest BCUT2D eigenvalue weighted by Gasteiger charge is -2.09. The Labute approximate surface area is 163 Å². The Morgan fingerprint density at radius 3 is 2.59 bits per heavy atom. The van der Waals surface area contributed by atoms with Crippen LogP contribution in [0.25, 0.3) is 33.3 Å². The molecule has 0 saturated heterocycles. The molecule has 0 aliphatic rings. The molecule has 0 saturated carbocycles. The standard InChI is InChI=1S/C21H19N3O2.ClH/c1-24(2)13-20(25)22-17-9-10-19-18(12-17)23-21(26-19)16-8-7-14-5-3-4-6-15(14)11-16;/h3-12H,13H2,1-2H3,(H,22,25);1H. The Kier molecular flexibility index (Phi) is 5.44. The second kappa shape index (κ2) is 7.78. The summed E-state index contributed by atoms with van der Waals surface area (Å²) in [5.74, 6) is 0.509. The summed E-state index contributed by atoms with van der Waals surface area (Å²) in [6.07, 6.45) is 0. The molecule has 0 unspecified atom stereocenters. The van der Waals surface area contributed by atoms with Crippen molar-refractivity contribution >= 4 is 45.9 Å². The number of likely N-dealkylation sites (N-methyl/N-ethyl adjacent to an activating group) is 1. The molecule has 1 aromatic heterocycles. The van der Waals surface area contributed by atoms with Crippen molar-refractivity contribution in [3.05, 3.63) is 60.7 Å². The number of nitrogens with one attached hydrogen (secondary N) is 1. The summed E-state index contributed by atoms with van der Waals surface area (Å²) < 4.78 is 5.90. The van der Waals surface area contributed by atoms with E-state index in [2.05, 4.69) is 34.6 Å². The summed E-state index contributed by atoms with van der Waals surface area (Å²) in [5.41, 5.74) is 3.05. The number of aromatic nitrogens is 1. The van der Waals surface area contributed by atoms with Crippen LogP contribution >= 0.6 is 12.4 Å². The third kappa shape index (κ3) is 4.10. The van der Waals surface area contributed by atoms with E-state index in [1.165, 1.54) is 5.39 Å². The molecule has 138 valence electrons. The lowest BCUT2D eigenvalue weighted by Crippen LogP contribution is -2.27. The van der Waals surface area contributed by atoms with Gasteiger partial charge in [-0.1, -0.05) is 30.3 Å². The molecular formula is C21H20ClN3O2. The number of carbonyl (C=O) groups excluding carboxylic acids is 1. The largest absolute Gasteiger partial charge is 0.436 e. The average Bonchev–Trinajstić information content (AvgIpc) is 3.04. The number of carbonyl (C=O) groups is 1. The zero-order chi connectivity index (χ0) is 18.1. The third-order valence-electron chi connectivity index (χ3n) is 4.13. The molecule has 3 aromatic carbocycles. The van der Waals surface area contributed by atoms with Gasteiger partial charge in [0, 0.05) is 11.3 Å². The second-order valence-electron chi connectivity index (χ2n) is 6.55. The molecule has 1 N–H and O–H groups in total. The van der Waals surface area contributed by atoms with Crippen LogP contribution in [0.1, 0.15) is 0 Å². The SMILES string of the molecule is CN(C)CC(=O)Nc1ccc2oc(-c3ccc4ccccc4c3)nc2c1.Cl. The number of oxazole rings is 1. The minimum absolute atomic E-state index is 0. The van der Waals surface area contributed by atoms with E-state index < -0.39 is 0 Å². The van der Waals surface area contributed by atoms with Gasteiger partial charge in [-0.2, -0.15) is 0 Å². The molecule has 0 spiro atoms. The van der Waals surface area contributed by atoms with Gasteiger partial charge in [0.25, 0.3) is 0 Å². The van der Waals surface area contributed by atoms with Gasteiger partial charge in [0.15, 0.2) is 5.58 Å². The van der Waals surface area contributed by atoms with Gasteiger partial charge in [0.2, 0.25) is 11.8 Å². The number of benzene rings is 3. The van der Waals surface area contributed by atoms with Crippen molar-refractivity contribution in [1.82, 2.24) is 9.88 Å². The Hall–Kier alpha value is -2.89. The van der Waals surface area contributed by atoms with Crippen LogP contribution in [0.2, 0.25) is 0 Å². The van der Waals surface area contributed by atoms with Crippen LogP contribution in [-0.2, 0) is 4.79 Å². The maximum absolute atomic E-state index is 11.9. The highest BCUT2D eigenvalue weighted by Gasteiger charge is 2.11. The molecule has 0 aliphatic carbocycles. The minimum atomic E-state index is -0.0624. The summed E-state index contributed by atoms with van der Waals surface area (Å²) >= 11 is 0. The molecule has 0 aliphatic heterocycles. The molecule has 27 heavy (non-hydrogen) atoms. The summed E-state index contributed by atoms with van der Waals surface area (Å²) in [4.78, 5) is 18.3. The van der Waals surface area contributed by atoms with Crippen LogP contribution in [0, 0.1) is 0 Å². The lowest BCUT2D eigenvalue weighted by atomic mass is 10.1. The second-order valence-corrected chi connectivity index (χ2v) is 6.55. The maximum atomic E-state index is 11.9. The Morgan fingerprint density at radius 1 is 1.04 bits per heavy atom. The molecule has 0 fully saturated rings. The lowest BCUT2D eigenvalue weighted by molar-refractivity contribution is -0.116. The third-order valence-corrected chi connectivity index (χ3v) is 4.13. The highest BCUT2D eigenvalue weighted by molar-refractivity contribution is 5.94. The zero-order valence-corrected chi connectivity index (χ0v) is 15.9. The quantitative estimate of drug-likeness (QED) is 0.562. The van der Waals surface area contributed by atoms with E-state index in [1.54, 1.807) is 0 Å². The van der Waals surface area contributed by atoms with Crippen molar-refractivity contribution < 1.29 is 9.21 Å². The predicted molar refractivity (Wildman–Crippen MR) is 111 cm³/mol. The highest BCUT2D eigenvalue weighted by atomic mass is 35.5. The molecule has 4 aromatic rings. The van der Waals surface area contributed by atoms with Crippen LogP contribution in [0.4, 0.5) is 5.69 Å². The molecule has 1 amide bonds. The van der Waals surface area contributed by atoms with E-state index >= 15 is 0 Å². The Morgan fingerprint density at radius 2 is 1.81 bits per heavy atom. The van der Waals surface area contributed by atoms with Crippen molar-refractivity contribution in [1.29, 1.82) is 0 Å². The number of amides is 1. The number of hydrogen-bond acceptors (Lipinski definition) is 4. The van der Waals surface area contributed by atoms with E-state index in [0.717, 1.165) is 16.5 Å². The zero-order valence-electron chi connectivity index (χ0n) is 15.1. The van der Waals surface area contributed by atoms with Gasteiger partial charge in [-0.05, 0) is 55.2 Å². The summed E-state index contributed by atoms with van der Waals surface area (Å²) in [5, 5.41) is 5.20. The smallest absolute Gasteiger partial charge is 0.238 e. The topological polar surface area (TPSA) is 58.4 Å². The molecular weight excluding hydrogens is 362 g/mol. The van der Waals surface area contributed by atoms with Crippen LogP contribution in [-0.4, -0.2) is 36.4 Å². The monoisotopic (exact) mass is 381 g/mol. The number of rotatable bonds is 4. The van der Waals surface area contributed by atoms with E-state index in [-0.39, 0.29) is 18.3 Å². The number of halogens is 1. The van der Waals surface area contributed by atoms with Crippen LogP contribution < -0.4 is 5.32 Å². The van der Waals surface area contributed by atoms with E-state index in [0.29, 0.717) is 23.7 Å². The molecule has 5 nitrogen and oxygen atoms in total. The highest BCUT2D eigenvalue weighted by Crippen LogP contribution is 2.28. The normalized spacial score (nSPS) is 10.9. The molecule has 1 heterocycles. The van der Waals surface area contributed by atoms with Crippen LogP contribution in [0.5, 0.6) is 0 Å². The molecule has 0 atom stereocenters. The maximum Gasteiger partial charge on any atom is 0.238 e. The number of anilines is 1. The van der Waals surface area contributed by atoms with Gasteiger partial charge < -0.3 is 14.6 Å². The molecule has 4 rings (SSSR count). The van der Waals surface area contributed by atoms with Crippen molar-refractivity contribution in [3.8, 4) is 11.5 Å². The van der Waals surface area contributed by atoms with Crippen molar-refractivity contribution in [2.24, 2.45) is 0 Å². The Bertz CT molecular complexity index is 1100. The van der Waals surface area contributed by atoms with E-state index in [1.807, 2.05) is 55.4 Å². The van der Waals surface area contributed by atoms with Gasteiger partial charge in [-0.25, -0.2) is 4.98 Å². The summed E-state index contributed by atoms with van der Waals surface area (Å²) in [6, 6.07) is 19.8. The first-order chi connectivity index (χ1) is 12.6. The minimum Gasteiger partial charge on any atom is -0.436 e. The number of hydrogen-bond donors (Lipinski definition) is 1. The van der Waals surface area contributed by atoms with Crippen molar-refractivity contribution in [3.63, 3.8) is 0 Å². The van der Waals surface area contributed by atoms with Gasteiger partial charge in [-0.3, -0.25) is 4.79 Å². The summed E-state index contributed by atoms with van der Waals surface area (Å²) in [7, 11) is 3.71. The number of fused-ring (bicyclic) bond motifs is 2. The summed E-state index contributed by atoms with van der Waals surface area (Å²) in [6.45, 7) is 0.333. The Balaban J connectivity index is 0.00000210. The molecule has 0 bridgehead atoms. The van der Waals surface area contributed by atoms with Gasteiger partial charge in [0.1, 0.15) is 5.52 Å². The van der Waals surface area contributed by atoms with E-state index in [4.69, 9.17) is 4.42 Å². The van der Waals surface area contributed by atoms with Crippen molar-refractivity contribution in [2.75, 3.05) is 26.0 Å². The molecule has 0 radical (unpaired) electrons. The van der Waals surface area contributed by atoms with E-state index in [9.17, 15) is 4.79 Å². The number of nitrogens with zero attached hydrogens (tertiary/aromatic N) is 2. The first-order valence-electron chi connectivity index (χ1n) is 8.43. The van der Waals surface area contributed by atoms with Gasteiger partial charge in [0.05, 0.1) is 6.54 Å². The van der Waals surface area contributed by atoms with Gasteiger partial charge >= 0.3 is 0 Å². The average molecular weight is 382 g/mol. The first kappa shape index (κ1) is 18.9. The van der Waals surface area contributed by atoms with Crippen molar-refractivity contribution in [2.45, 2.75) is 0 Å². The fraction of sp³-hybridized carbons (Fsp3) is 0.143.